The molecule has 0 saturated heterocycles. The minimum Gasteiger partial charge on any atom is -0.444 e. The molecule has 1 unspecified atom stereocenters. The van der Waals surface area contributed by atoms with Gasteiger partial charge in [0.05, 0.1) is 13.6 Å². The predicted molar refractivity (Wildman–Crippen MR) is 72.6 cm³/mol. The van der Waals surface area contributed by atoms with Crippen molar-refractivity contribution in [3.05, 3.63) is 11.9 Å². The first kappa shape index (κ1) is 14.4. The Bertz CT molecular complexity index is 530. The summed E-state index contributed by atoms with van der Waals surface area (Å²) in [6.45, 7) is 6.27. The summed E-state index contributed by atoms with van der Waals surface area (Å²) in [5.74, 6) is 0.483. The van der Waals surface area contributed by atoms with Gasteiger partial charge in [-0.2, -0.15) is 4.80 Å². The SMILES string of the molecule is Cn1nnc(C2=CC(N)CN(C(=O)OC(C)(C)C)C2)n1. The quantitative estimate of drug-likeness (QED) is 0.787. The standard InChI is InChI=1S/C12H20N6O2/c1-12(2,3)20-11(19)18-6-8(5-9(13)7-18)10-14-16-17(4)15-10/h5,9H,6-7,13H2,1-4H3. The van der Waals surface area contributed by atoms with Gasteiger partial charge in [-0.15, -0.1) is 10.2 Å². The van der Waals surface area contributed by atoms with Crippen LogP contribution in [0.4, 0.5) is 4.79 Å². The lowest BCUT2D eigenvalue weighted by Crippen LogP contribution is -2.46. The zero-order valence-electron chi connectivity index (χ0n) is 12.2. The Morgan fingerprint density at radius 2 is 2.20 bits per heavy atom. The molecular formula is C12H20N6O2. The highest BCUT2D eigenvalue weighted by atomic mass is 16.6. The zero-order valence-corrected chi connectivity index (χ0v) is 12.2. The van der Waals surface area contributed by atoms with Crippen LogP contribution in [0.5, 0.6) is 0 Å². The van der Waals surface area contributed by atoms with Crippen molar-refractivity contribution >= 4 is 11.7 Å². The average Bonchev–Trinajstić information content (AvgIpc) is 2.73. The summed E-state index contributed by atoms with van der Waals surface area (Å²) in [5, 5.41) is 11.9. The lowest BCUT2D eigenvalue weighted by atomic mass is 10.1. The number of hydrogen-bond acceptors (Lipinski definition) is 6. The van der Waals surface area contributed by atoms with Crippen LogP contribution < -0.4 is 5.73 Å². The van der Waals surface area contributed by atoms with Crippen molar-refractivity contribution in [2.75, 3.05) is 13.1 Å². The van der Waals surface area contributed by atoms with E-state index in [9.17, 15) is 4.79 Å². The van der Waals surface area contributed by atoms with Crippen molar-refractivity contribution in [2.45, 2.75) is 32.4 Å². The van der Waals surface area contributed by atoms with Gasteiger partial charge in [0.15, 0.2) is 0 Å². The second-order valence-electron chi connectivity index (χ2n) is 5.82. The molecule has 0 aliphatic carbocycles. The van der Waals surface area contributed by atoms with Crippen molar-refractivity contribution in [2.24, 2.45) is 12.8 Å². The van der Waals surface area contributed by atoms with Crippen LogP contribution in [0.3, 0.4) is 0 Å². The molecule has 110 valence electrons. The highest BCUT2D eigenvalue weighted by Gasteiger charge is 2.28. The van der Waals surface area contributed by atoms with Crippen LogP contribution in [-0.2, 0) is 11.8 Å². The van der Waals surface area contributed by atoms with E-state index in [-0.39, 0.29) is 12.1 Å². The molecule has 8 nitrogen and oxygen atoms in total. The van der Waals surface area contributed by atoms with Crippen LogP contribution in [0.15, 0.2) is 6.08 Å². The van der Waals surface area contributed by atoms with Gasteiger partial charge in [0, 0.05) is 18.2 Å². The van der Waals surface area contributed by atoms with Crippen molar-refractivity contribution in [3.63, 3.8) is 0 Å². The Morgan fingerprint density at radius 3 is 2.75 bits per heavy atom. The number of amides is 1. The number of rotatable bonds is 1. The third kappa shape index (κ3) is 3.53. The lowest BCUT2D eigenvalue weighted by molar-refractivity contribution is 0.0265. The summed E-state index contributed by atoms with van der Waals surface area (Å²) in [6.07, 6.45) is 1.47. The van der Waals surface area contributed by atoms with E-state index in [1.54, 1.807) is 11.9 Å². The van der Waals surface area contributed by atoms with E-state index in [4.69, 9.17) is 10.5 Å². The van der Waals surface area contributed by atoms with Crippen LogP contribution in [0, 0.1) is 0 Å². The molecule has 1 aliphatic rings. The molecule has 0 radical (unpaired) electrons. The second-order valence-corrected chi connectivity index (χ2v) is 5.82. The van der Waals surface area contributed by atoms with Gasteiger partial charge < -0.3 is 15.4 Å². The fourth-order valence-electron chi connectivity index (χ4n) is 1.91. The van der Waals surface area contributed by atoms with E-state index in [1.807, 2.05) is 26.8 Å². The summed E-state index contributed by atoms with van der Waals surface area (Å²) in [6, 6.07) is -0.268. The van der Waals surface area contributed by atoms with Crippen LogP contribution in [0.2, 0.25) is 0 Å². The Morgan fingerprint density at radius 1 is 1.50 bits per heavy atom. The van der Waals surface area contributed by atoms with Crippen molar-refractivity contribution < 1.29 is 9.53 Å². The number of aromatic nitrogens is 4. The molecule has 2 rings (SSSR count). The van der Waals surface area contributed by atoms with Crippen LogP contribution in [-0.4, -0.2) is 55.9 Å². The van der Waals surface area contributed by atoms with Gasteiger partial charge in [-0.05, 0) is 26.0 Å². The van der Waals surface area contributed by atoms with Gasteiger partial charge in [0.2, 0.25) is 5.82 Å². The number of hydrogen-bond donors (Lipinski definition) is 1. The molecule has 1 atom stereocenters. The Labute approximate surface area is 117 Å². The molecule has 1 aliphatic heterocycles. The van der Waals surface area contributed by atoms with E-state index >= 15 is 0 Å². The molecule has 0 fully saturated rings. The van der Waals surface area contributed by atoms with E-state index in [0.29, 0.717) is 18.9 Å². The van der Waals surface area contributed by atoms with Gasteiger partial charge in [-0.25, -0.2) is 4.79 Å². The van der Waals surface area contributed by atoms with Crippen molar-refractivity contribution in [3.8, 4) is 0 Å². The minimum absolute atomic E-state index is 0.268. The fraction of sp³-hybridized carbons (Fsp3) is 0.667. The molecule has 1 amide bonds. The monoisotopic (exact) mass is 280 g/mol. The maximum absolute atomic E-state index is 12.1. The molecule has 0 spiro atoms. The van der Waals surface area contributed by atoms with E-state index < -0.39 is 5.60 Å². The van der Waals surface area contributed by atoms with Crippen molar-refractivity contribution in [1.29, 1.82) is 0 Å². The van der Waals surface area contributed by atoms with Gasteiger partial charge in [0.25, 0.3) is 0 Å². The fourth-order valence-corrected chi connectivity index (χ4v) is 1.91. The molecule has 0 aromatic carbocycles. The number of nitrogens with two attached hydrogens (primary N) is 1. The lowest BCUT2D eigenvalue weighted by Gasteiger charge is -2.31. The van der Waals surface area contributed by atoms with Gasteiger partial charge in [0.1, 0.15) is 5.60 Å². The number of ether oxygens (including phenoxy) is 1. The maximum atomic E-state index is 12.1. The molecule has 0 saturated carbocycles. The Balaban J connectivity index is 2.12. The highest BCUT2D eigenvalue weighted by Crippen LogP contribution is 2.19. The zero-order chi connectivity index (χ0) is 14.9. The second kappa shape index (κ2) is 5.20. The molecule has 1 aromatic rings. The molecule has 8 heteroatoms. The summed E-state index contributed by atoms with van der Waals surface area (Å²) < 4.78 is 5.36. The number of carbonyl (C=O) groups excluding carboxylic acids is 1. The molecule has 1 aromatic heterocycles. The first-order valence-electron chi connectivity index (χ1n) is 6.43. The van der Waals surface area contributed by atoms with E-state index in [1.165, 1.54) is 4.80 Å². The molecular weight excluding hydrogens is 260 g/mol. The van der Waals surface area contributed by atoms with Crippen LogP contribution in [0.25, 0.3) is 5.57 Å². The summed E-state index contributed by atoms with van der Waals surface area (Å²) >= 11 is 0. The molecule has 20 heavy (non-hydrogen) atoms. The van der Waals surface area contributed by atoms with Gasteiger partial charge in [-0.3, -0.25) is 0 Å². The van der Waals surface area contributed by atoms with E-state index in [2.05, 4.69) is 15.4 Å². The maximum Gasteiger partial charge on any atom is 0.410 e. The summed E-state index contributed by atoms with van der Waals surface area (Å²) in [7, 11) is 1.69. The van der Waals surface area contributed by atoms with Crippen LogP contribution in [0.1, 0.15) is 26.6 Å². The largest absolute Gasteiger partial charge is 0.444 e. The number of carbonyl (C=O) groups is 1. The average molecular weight is 280 g/mol. The van der Waals surface area contributed by atoms with E-state index in [0.717, 1.165) is 5.57 Å². The predicted octanol–water partition coefficient (Wildman–Crippen LogP) is 0.172. The Hall–Kier alpha value is -1.96. The summed E-state index contributed by atoms with van der Waals surface area (Å²) in [4.78, 5) is 15.0. The minimum atomic E-state index is -0.534. The topological polar surface area (TPSA) is 99.2 Å². The summed E-state index contributed by atoms with van der Waals surface area (Å²) in [5.41, 5.74) is 6.20. The molecule has 0 bridgehead atoms. The Kier molecular flexibility index (Phi) is 3.76. The normalized spacial score (nSPS) is 19.8. The number of aryl methyl sites for hydroxylation is 1. The molecule has 2 N–H and O–H groups in total. The number of nitrogens with zero attached hydrogens (tertiary/aromatic N) is 5. The smallest absolute Gasteiger partial charge is 0.410 e. The third-order valence-electron chi connectivity index (χ3n) is 2.65. The first-order valence-corrected chi connectivity index (χ1v) is 6.43. The molecule has 2 heterocycles. The van der Waals surface area contributed by atoms with Crippen molar-refractivity contribution in [1.82, 2.24) is 25.1 Å². The van der Waals surface area contributed by atoms with Gasteiger partial charge in [-0.1, -0.05) is 6.08 Å². The number of tetrazole rings is 1. The first-order chi connectivity index (χ1) is 9.24. The third-order valence-corrected chi connectivity index (χ3v) is 2.65. The van der Waals surface area contributed by atoms with Gasteiger partial charge >= 0.3 is 6.09 Å². The highest BCUT2D eigenvalue weighted by molar-refractivity contribution is 5.74. The van der Waals surface area contributed by atoms with Crippen LogP contribution >= 0.6 is 0 Å².